The summed E-state index contributed by atoms with van der Waals surface area (Å²) in [7, 11) is -3.52. The number of hydrogen-bond donors (Lipinski definition) is 1. The molecule has 8 heteroatoms. The number of nitrogens with zero attached hydrogens (tertiary/aromatic N) is 3. The van der Waals surface area contributed by atoms with Crippen molar-refractivity contribution in [2.24, 2.45) is 0 Å². The first-order valence-electron chi connectivity index (χ1n) is 7.77. The molecule has 1 aromatic carbocycles. The molecule has 0 bridgehead atoms. The third-order valence-electron chi connectivity index (χ3n) is 3.96. The quantitative estimate of drug-likeness (QED) is 0.900. The van der Waals surface area contributed by atoms with Crippen LogP contribution in [0.2, 0.25) is 5.02 Å². The molecule has 0 radical (unpaired) electrons. The van der Waals surface area contributed by atoms with Crippen molar-refractivity contribution in [1.29, 1.82) is 0 Å². The van der Waals surface area contributed by atoms with E-state index in [0.29, 0.717) is 24.1 Å². The fourth-order valence-electron chi connectivity index (χ4n) is 2.74. The second-order valence-electron chi connectivity index (χ2n) is 5.82. The number of nitrogens with one attached hydrogen (secondary N) is 1. The highest BCUT2D eigenvalue weighted by Gasteiger charge is 2.30. The third-order valence-corrected chi connectivity index (χ3v) is 6.09. The van der Waals surface area contributed by atoms with Crippen molar-refractivity contribution in [3.8, 4) is 0 Å². The molecule has 2 heterocycles. The van der Waals surface area contributed by atoms with Gasteiger partial charge in [-0.1, -0.05) is 11.6 Å². The van der Waals surface area contributed by atoms with Gasteiger partial charge in [0.15, 0.2) is 0 Å². The maximum absolute atomic E-state index is 12.8. The lowest BCUT2D eigenvalue weighted by molar-refractivity contribution is 0.326. The van der Waals surface area contributed by atoms with Crippen LogP contribution < -0.4 is 5.32 Å². The van der Waals surface area contributed by atoms with Crippen molar-refractivity contribution in [3.05, 3.63) is 47.2 Å². The minimum Gasteiger partial charge on any atom is -0.350 e. The summed E-state index contributed by atoms with van der Waals surface area (Å²) in [5.41, 5.74) is 0.869. The van der Waals surface area contributed by atoms with Crippen LogP contribution in [0.25, 0.3) is 0 Å². The Morgan fingerprint density at radius 2 is 2.00 bits per heavy atom. The summed E-state index contributed by atoms with van der Waals surface area (Å²) in [6.45, 7) is 2.80. The van der Waals surface area contributed by atoms with Gasteiger partial charge in [-0.15, -0.1) is 0 Å². The van der Waals surface area contributed by atoms with E-state index in [1.807, 2.05) is 13.0 Å². The number of aryl methyl sites for hydroxylation is 1. The minimum absolute atomic E-state index is 0.0115. The van der Waals surface area contributed by atoms with Gasteiger partial charge in [-0.05, 0) is 50.1 Å². The summed E-state index contributed by atoms with van der Waals surface area (Å²) in [5, 5.41) is 3.75. The Labute approximate surface area is 146 Å². The average Bonchev–Trinajstić information content (AvgIpc) is 2.55. The molecule has 0 unspecified atom stereocenters. The normalized spacial score (nSPS) is 19.2. The number of sulfonamides is 1. The van der Waals surface area contributed by atoms with E-state index in [0.717, 1.165) is 18.5 Å². The number of aromatic nitrogens is 2. The molecule has 1 N–H and O–H groups in total. The van der Waals surface area contributed by atoms with Crippen molar-refractivity contribution in [3.63, 3.8) is 0 Å². The molecular weight excluding hydrogens is 348 g/mol. The van der Waals surface area contributed by atoms with E-state index < -0.39 is 10.0 Å². The number of hydrogen-bond acceptors (Lipinski definition) is 5. The van der Waals surface area contributed by atoms with Gasteiger partial charge in [0.2, 0.25) is 16.0 Å². The van der Waals surface area contributed by atoms with Crippen molar-refractivity contribution in [2.75, 3.05) is 18.4 Å². The van der Waals surface area contributed by atoms with E-state index in [-0.39, 0.29) is 10.9 Å². The van der Waals surface area contributed by atoms with Gasteiger partial charge in [0.05, 0.1) is 4.90 Å². The van der Waals surface area contributed by atoms with Gasteiger partial charge in [-0.3, -0.25) is 0 Å². The zero-order chi connectivity index (χ0) is 17.2. The van der Waals surface area contributed by atoms with E-state index in [2.05, 4.69) is 15.3 Å². The van der Waals surface area contributed by atoms with Crippen LogP contribution in [-0.4, -0.2) is 41.8 Å². The maximum Gasteiger partial charge on any atom is 0.243 e. The second kappa shape index (κ2) is 7.04. The molecule has 1 aromatic heterocycles. The molecule has 24 heavy (non-hydrogen) atoms. The third kappa shape index (κ3) is 3.85. The molecule has 6 nitrogen and oxygen atoms in total. The van der Waals surface area contributed by atoms with Crippen LogP contribution in [0.3, 0.4) is 0 Å². The zero-order valence-corrected chi connectivity index (χ0v) is 14.9. The Kier molecular flexibility index (Phi) is 5.03. The Morgan fingerprint density at radius 1 is 1.25 bits per heavy atom. The molecule has 0 saturated carbocycles. The van der Waals surface area contributed by atoms with Gasteiger partial charge in [-0.25, -0.2) is 18.4 Å². The van der Waals surface area contributed by atoms with Crippen LogP contribution in [0, 0.1) is 6.92 Å². The molecule has 3 rings (SSSR count). The van der Waals surface area contributed by atoms with Crippen LogP contribution in [0.1, 0.15) is 18.5 Å². The predicted octanol–water partition coefficient (Wildman–Crippen LogP) is 2.70. The van der Waals surface area contributed by atoms with Crippen LogP contribution in [-0.2, 0) is 10.0 Å². The lowest BCUT2D eigenvalue weighted by Gasteiger charge is -2.32. The summed E-state index contributed by atoms with van der Waals surface area (Å²) >= 11 is 5.84. The fourth-order valence-corrected chi connectivity index (χ4v) is 4.39. The molecule has 0 aliphatic carbocycles. The molecule has 2 aromatic rings. The summed E-state index contributed by atoms with van der Waals surface area (Å²) in [4.78, 5) is 8.76. The number of anilines is 1. The maximum atomic E-state index is 12.8. The number of rotatable bonds is 4. The standard InChI is InChI=1S/C16H19ClN4O2S/c1-12-8-9-18-16(19-12)20-14-3-2-10-21(11-14)24(22,23)15-6-4-13(17)5-7-15/h4-9,14H,2-3,10-11H2,1H3,(H,18,19,20)/t14-/m1/s1. The number of benzene rings is 1. The lowest BCUT2D eigenvalue weighted by atomic mass is 10.1. The predicted molar refractivity (Wildman–Crippen MR) is 93.6 cm³/mol. The molecule has 1 aliphatic rings. The largest absolute Gasteiger partial charge is 0.350 e. The molecule has 1 aliphatic heterocycles. The Bertz CT molecular complexity index is 811. The van der Waals surface area contributed by atoms with Gasteiger partial charge < -0.3 is 5.32 Å². The zero-order valence-electron chi connectivity index (χ0n) is 13.3. The first-order chi connectivity index (χ1) is 11.4. The molecule has 0 spiro atoms. The van der Waals surface area contributed by atoms with Crippen molar-refractivity contribution >= 4 is 27.6 Å². The van der Waals surface area contributed by atoms with E-state index in [1.54, 1.807) is 30.5 Å². The van der Waals surface area contributed by atoms with Gasteiger partial charge in [0.25, 0.3) is 0 Å². The Balaban J connectivity index is 1.74. The Hall–Kier alpha value is -1.70. The summed E-state index contributed by atoms with van der Waals surface area (Å²) in [5.74, 6) is 0.533. The van der Waals surface area contributed by atoms with Gasteiger partial charge in [0.1, 0.15) is 0 Å². The monoisotopic (exact) mass is 366 g/mol. The highest BCUT2D eigenvalue weighted by Crippen LogP contribution is 2.23. The van der Waals surface area contributed by atoms with E-state index >= 15 is 0 Å². The van der Waals surface area contributed by atoms with Crippen LogP contribution >= 0.6 is 11.6 Å². The van der Waals surface area contributed by atoms with E-state index in [4.69, 9.17) is 11.6 Å². The molecule has 1 atom stereocenters. The minimum atomic E-state index is -3.52. The van der Waals surface area contributed by atoms with Gasteiger partial charge in [0, 0.05) is 36.0 Å². The van der Waals surface area contributed by atoms with Gasteiger partial charge >= 0.3 is 0 Å². The van der Waals surface area contributed by atoms with Crippen LogP contribution in [0.5, 0.6) is 0 Å². The number of halogens is 1. The van der Waals surface area contributed by atoms with Gasteiger partial charge in [-0.2, -0.15) is 4.31 Å². The summed E-state index contributed by atoms with van der Waals surface area (Å²) in [6, 6.07) is 8.08. The van der Waals surface area contributed by atoms with Crippen LogP contribution in [0.15, 0.2) is 41.4 Å². The molecule has 1 saturated heterocycles. The van der Waals surface area contributed by atoms with Crippen molar-refractivity contribution in [2.45, 2.75) is 30.7 Å². The second-order valence-corrected chi connectivity index (χ2v) is 8.20. The topological polar surface area (TPSA) is 75.2 Å². The molecule has 0 amide bonds. The molecule has 1 fully saturated rings. The first kappa shape index (κ1) is 17.1. The molecule has 128 valence electrons. The lowest BCUT2D eigenvalue weighted by Crippen LogP contribution is -2.45. The average molecular weight is 367 g/mol. The highest BCUT2D eigenvalue weighted by molar-refractivity contribution is 7.89. The van der Waals surface area contributed by atoms with Crippen LogP contribution in [0.4, 0.5) is 5.95 Å². The van der Waals surface area contributed by atoms with Crippen molar-refractivity contribution in [1.82, 2.24) is 14.3 Å². The Morgan fingerprint density at radius 3 is 2.71 bits per heavy atom. The highest BCUT2D eigenvalue weighted by atomic mass is 35.5. The SMILES string of the molecule is Cc1ccnc(N[C@@H]2CCCN(S(=O)(=O)c3ccc(Cl)cc3)C2)n1. The number of piperidine rings is 1. The molecular formula is C16H19ClN4O2S. The summed E-state index contributed by atoms with van der Waals surface area (Å²) < 4.78 is 27.1. The smallest absolute Gasteiger partial charge is 0.243 e. The van der Waals surface area contributed by atoms with E-state index in [9.17, 15) is 8.42 Å². The summed E-state index contributed by atoms with van der Waals surface area (Å²) in [6.07, 6.45) is 3.36. The van der Waals surface area contributed by atoms with E-state index in [1.165, 1.54) is 4.31 Å². The van der Waals surface area contributed by atoms with Crippen molar-refractivity contribution < 1.29 is 8.42 Å². The first-order valence-corrected chi connectivity index (χ1v) is 9.59. The fraction of sp³-hybridized carbons (Fsp3) is 0.375.